The van der Waals surface area contributed by atoms with Gasteiger partial charge in [0.15, 0.2) is 7.14 Å². The molecule has 1 atom stereocenters. The van der Waals surface area contributed by atoms with E-state index in [0.717, 1.165) is 59.9 Å². The van der Waals surface area contributed by atoms with E-state index in [4.69, 9.17) is 4.98 Å². The molecule has 4 aromatic heterocycles. The second-order valence-electron chi connectivity index (χ2n) is 9.59. The summed E-state index contributed by atoms with van der Waals surface area (Å²) in [5.74, 6) is 0. The van der Waals surface area contributed by atoms with Crippen LogP contribution in [0.3, 0.4) is 0 Å². The van der Waals surface area contributed by atoms with E-state index in [1.54, 1.807) is 18.6 Å². The van der Waals surface area contributed by atoms with Crippen molar-refractivity contribution < 1.29 is 4.57 Å². The molecule has 0 spiro atoms. The molecule has 0 aliphatic carbocycles. The summed E-state index contributed by atoms with van der Waals surface area (Å²) in [6.45, 7) is 0. The van der Waals surface area contributed by atoms with Crippen molar-refractivity contribution >= 4 is 72.3 Å². The van der Waals surface area contributed by atoms with E-state index in [-0.39, 0.29) is 0 Å². The number of benzene rings is 4. The van der Waals surface area contributed by atoms with Gasteiger partial charge in [-0.05, 0) is 47.9 Å². The Morgan fingerprint density at radius 3 is 2.28 bits per heavy atom. The van der Waals surface area contributed by atoms with E-state index >= 15 is 4.57 Å². The highest BCUT2D eigenvalue weighted by atomic mass is 31.2. The van der Waals surface area contributed by atoms with Crippen LogP contribution in [0.2, 0.25) is 0 Å². The Kier molecular flexibility index (Phi) is 4.69. The normalized spacial score (nSPS) is 13.4. The van der Waals surface area contributed by atoms with Gasteiger partial charge >= 0.3 is 0 Å². The van der Waals surface area contributed by atoms with Gasteiger partial charge in [-0.15, -0.1) is 0 Å². The maximum absolute atomic E-state index is 15.4. The van der Waals surface area contributed by atoms with Gasteiger partial charge in [-0.25, -0.2) is 15.0 Å². The Bertz CT molecular complexity index is 2280. The summed E-state index contributed by atoms with van der Waals surface area (Å²) in [5, 5.41) is 6.22. The Hall–Kier alpha value is -4.93. The van der Waals surface area contributed by atoms with Crippen molar-refractivity contribution in [2.75, 3.05) is 0 Å². The van der Waals surface area contributed by atoms with Gasteiger partial charge in [-0.1, -0.05) is 54.6 Å². The maximum Gasteiger partial charge on any atom is 0.171 e. The molecule has 4 aromatic carbocycles. The molecule has 6 nitrogen and oxygen atoms in total. The van der Waals surface area contributed by atoms with Gasteiger partial charge in [-0.2, -0.15) is 0 Å². The third-order valence-corrected chi connectivity index (χ3v) is 10.5. The third-order valence-electron chi connectivity index (χ3n) is 7.48. The summed E-state index contributed by atoms with van der Waals surface area (Å²) in [6, 6.07) is 32.2. The molecule has 0 aliphatic heterocycles. The van der Waals surface area contributed by atoms with E-state index in [1.807, 2.05) is 54.6 Å². The molecule has 0 saturated heterocycles. The van der Waals surface area contributed by atoms with Crippen LogP contribution in [-0.4, -0.2) is 24.3 Å². The zero-order valence-electron chi connectivity index (χ0n) is 20.6. The molecule has 8 rings (SSSR count). The summed E-state index contributed by atoms with van der Waals surface area (Å²) < 4.78 is 17.6. The number of hydrogen-bond acceptors (Lipinski definition) is 5. The van der Waals surface area contributed by atoms with E-state index in [9.17, 15) is 0 Å². The van der Waals surface area contributed by atoms with Crippen LogP contribution in [0.15, 0.2) is 122 Å². The Morgan fingerprint density at radius 2 is 1.38 bits per heavy atom. The summed E-state index contributed by atoms with van der Waals surface area (Å²) in [5.41, 5.74) is 4.66. The Labute approximate surface area is 223 Å². The first-order valence-electron chi connectivity index (χ1n) is 12.6. The first kappa shape index (κ1) is 22.1. The lowest BCUT2D eigenvalue weighted by atomic mass is 10.1. The molecule has 0 aliphatic rings. The first-order chi connectivity index (χ1) is 19.2. The summed E-state index contributed by atoms with van der Waals surface area (Å²) in [7, 11) is -3.30. The van der Waals surface area contributed by atoms with Gasteiger partial charge in [0.1, 0.15) is 12.0 Å². The number of imidazole rings is 1. The van der Waals surface area contributed by atoms with Crippen LogP contribution >= 0.6 is 7.14 Å². The average molecular weight is 522 g/mol. The van der Waals surface area contributed by atoms with Gasteiger partial charge in [0.05, 0.1) is 22.1 Å². The molecule has 8 aromatic rings. The zero-order chi connectivity index (χ0) is 26.0. The number of nitrogens with zero attached hydrogens (tertiary/aromatic N) is 5. The van der Waals surface area contributed by atoms with Gasteiger partial charge in [0, 0.05) is 50.7 Å². The molecular formula is C32H20N5OP. The molecule has 0 saturated carbocycles. The molecule has 39 heavy (non-hydrogen) atoms. The maximum atomic E-state index is 15.4. The van der Waals surface area contributed by atoms with Crippen molar-refractivity contribution in [3.05, 3.63) is 122 Å². The molecule has 0 fully saturated rings. The van der Waals surface area contributed by atoms with Crippen molar-refractivity contribution in [1.29, 1.82) is 0 Å². The van der Waals surface area contributed by atoms with Crippen molar-refractivity contribution in [1.82, 2.24) is 24.3 Å². The molecule has 0 amide bonds. The molecule has 0 N–H and O–H groups in total. The minimum atomic E-state index is -3.30. The van der Waals surface area contributed by atoms with Crippen LogP contribution in [0, 0.1) is 0 Å². The fraction of sp³-hybridized carbons (Fsp3) is 0. The number of para-hydroxylation sites is 3. The standard InChI is InChI=1S/C32H20N5OP/c38-39(22-13-15-33-16-14-22,24-10-9-21-19-34-20-35-29(21)18-24)23-11-12-25-26-5-1-3-7-30(26)37-31-8-4-2-6-28(31)36-32(37)27(25)17-23/h1-20H. The fourth-order valence-corrected chi connectivity index (χ4v) is 8.29. The van der Waals surface area contributed by atoms with Crippen LogP contribution in [-0.2, 0) is 4.57 Å². The van der Waals surface area contributed by atoms with Crippen LogP contribution < -0.4 is 15.9 Å². The highest BCUT2D eigenvalue weighted by Crippen LogP contribution is 2.44. The number of aromatic nitrogens is 5. The highest BCUT2D eigenvalue weighted by molar-refractivity contribution is 7.85. The van der Waals surface area contributed by atoms with E-state index in [2.05, 4.69) is 61.8 Å². The Morgan fingerprint density at radius 1 is 0.615 bits per heavy atom. The summed E-state index contributed by atoms with van der Waals surface area (Å²) in [4.78, 5) is 17.8. The summed E-state index contributed by atoms with van der Waals surface area (Å²) in [6.07, 6.45) is 6.67. The molecular weight excluding hydrogens is 501 g/mol. The third kappa shape index (κ3) is 3.19. The molecule has 4 heterocycles. The highest BCUT2D eigenvalue weighted by Gasteiger charge is 2.31. The largest absolute Gasteiger partial charge is 0.309 e. The van der Waals surface area contributed by atoms with Gasteiger partial charge in [0.25, 0.3) is 0 Å². The van der Waals surface area contributed by atoms with Crippen LogP contribution in [0.5, 0.6) is 0 Å². The predicted molar refractivity (Wildman–Crippen MR) is 158 cm³/mol. The lowest BCUT2D eigenvalue weighted by Gasteiger charge is -2.21. The number of fused-ring (bicyclic) bond motifs is 9. The number of pyridine rings is 2. The van der Waals surface area contributed by atoms with E-state index in [0.29, 0.717) is 5.30 Å². The average Bonchev–Trinajstić information content (AvgIpc) is 3.41. The minimum Gasteiger partial charge on any atom is -0.309 e. The van der Waals surface area contributed by atoms with Gasteiger partial charge < -0.3 is 4.57 Å². The molecule has 0 bridgehead atoms. The van der Waals surface area contributed by atoms with E-state index in [1.165, 1.54) is 6.33 Å². The van der Waals surface area contributed by atoms with E-state index < -0.39 is 7.14 Å². The van der Waals surface area contributed by atoms with Crippen LogP contribution in [0.25, 0.3) is 49.3 Å². The topological polar surface area (TPSA) is 73.0 Å². The predicted octanol–water partition coefficient (Wildman–Crippen LogP) is 5.77. The fourth-order valence-electron chi connectivity index (χ4n) is 5.65. The number of hydrogen-bond donors (Lipinski definition) is 0. The second-order valence-corrected chi connectivity index (χ2v) is 12.4. The molecule has 1 unspecified atom stereocenters. The monoisotopic (exact) mass is 521 g/mol. The summed E-state index contributed by atoms with van der Waals surface area (Å²) >= 11 is 0. The van der Waals surface area contributed by atoms with Gasteiger partial charge in [-0.3, -0.25) is 9.38 Å². The Balaban J connectivity index is 1.49. The van der Waals surface area contributed by atoms with Crippen LogP contribution in [0.1, 0.15) is 0 Å². The van der Waals surface area contributed by atoms with Crippen molar-refractivity contribution in [2.45, 2.75) is 0 Å². The first-order valence-corrected chi connectivity index (χ1v) is 14.4. The molecule has 184 valence electrons. The zero-order valence-corrected chi connectivity index (χ0v) is 21.5. The lowest BCUT2D eigenvalue weighted by Crippen LogP contribution is -2.25. The number of rotatable bonds is 3. The molecule has 7 heteroatoms. The minimum absolute atomic E-state index is 0.713. The van der Waals surface area contributed by atoms with Crippen molar-refractivity contribution in [2.24, 2.45) is 0 Å². The molecule has 0 radical (unpaired) electrons. The lowest BCUT2D eigenvalue weighted by molar-refractivity contribution is 0.592. The van der Waals surface area contributed by atoms with Crippen LogP contribution in [0.4, 0.5) is 0 Å². The quantitative estimate of drug-likeness (QED) is 0.218. The van der Waals surface area contributed by atoms with Crippen molar-refractivity contribution in [3.8, 4) is 0 Å². The SMILES string of the molecule is O=P(c1ccncc1)(c1ccc2cncnc2c1)c1ccc2c3ccccc3n3c4ccccc4nc3c2c1. The second kappa shape index (κ2) is 8.29. The van der Waals surface area contributed by atoms with Gasteiger partial charge in [0.2, 0.25) is 0 Å². The van der Waals surface area contributed by atoms with Crippen molar-refractivity contribution in [3.63, 3.8) is 0 Å². The smallest absolute Gasteiger partial charge is 0.171 e.